The van der Waals surface area contributed by atoms with E-state index in [-0.39, 0.29) is 17.9 Å². The van der Waals surface area contributed by atoms with Gasteiger partial charge in [-0.15, -0.1) is 0 Å². The van der Waals surface area contributed by atoms with Gasteiger partial charge in [-0.25, -0.2) is 0 Å². The number of rotatable bonds is 4. The Morgan fingerprint density at radius 2 is 1.65 bits per heavy atom. The maximum atomic E-state index is 12.7. The van der Waals surface area contributed by atoms with Gasteiger partial charge in [0, 0.05) is 31.2 Å². The van der Waals surface area contributed by atoms with E-state index >= 15 is 0 Å². The zero-order valence-electron chi connectivity index (χ0n) is 15.0. The minimum Gasteiger partial charge on any atom is -0.338 e. The second kappa shape index (κ2) is 8.15. The maximum Gasteiger partial charge on any atom is 0.254 e. The summed E-state index contributed by atoms with van der Waals surface area (Å²) < 4.78 is 0. The molecule has 0 bridgehead atoms. The highest BCUT2D eigenvalue weighted by Crippen LogP contribution is 2.15. The quantitative estimate of drug-likeness (QED) is 0.915. The van der Waals surface area contributed by atoms with Crippen LogP contribution in [0.3, 0.4) is 0 Å². The Morgan fingerprint density at radius 3 is 2.27 bits per heavy atom. The molecule has 1 saturated heterocycles. The predicted octanol–water partition coefficient (Wildman–Crippen LogP) is 1.93. The van der Waals surface area contributed by atoms with Crippen LogP contribution < -0.4 is 5.73 Å². The fourth-order valence-electron chi connectivity index (χ4n) is 3.40. The zero-order chi connectivity index (χ0) is 18.5. The van der Waals surface area contributed by atoms with Gasteiger partial charge in [0.2, 0.25) is 5.91 Å². The van der Waals surface area contributed by atoms with E-state index in [9.17, 15) is 9.59 Å². The van der Waals surface area contributed by atoms with Gasteiger partial charge in [0.05, 0.1) is 6.04 Å². The van der Waals surface area contributed by atoms with Crippen LogP contribution in [0.2, 0.25) is 0 Å². The van der Waals surface area contributed by atoms with Crippen LogP contribution in [0.1, 0.15) is 22.8 Å². The molecule has 2 atom stereocenters. The predicted molar refractivity (Wildman–Crippen MR) is 102 cm³/mol. The number of piperazine rings is 1. The van der Waals surface area contributed by atoms with Crippen molar-refractivity contribution in [2.75, 3.05) is 19.6 Å². The Labute approximate surface area is 154 Å². The van der Waals surface area contributed by atoms with Crippen molar-refractivity contribution in [2.45, 2.75) is 25.4 Å². The standard InChI is InChI=1S/C21H25N3O2/c1-16-15-23(21(26)19(22)14-17-8-4-2-5-9-17)12-13-24(16)20(25)18-10-6-3-7-11-18/h2-11,16,19H,12-15,22H2,1H3. The largest absolute Gasteiger partial charge is 0.338 e. The summed E-state index contributed by atoms with van der Waals surface area (Å²) in [7, 11) is 0. The smallest absolute Gasteiger partial charge is 0.254 e. The summed E-state index contributed by atoms with van der Waals surface area (Å²) in [6.45, 7) is 3.53. The number of carbonyl (C=O) groups excluding carboxylic acids is 2. The van der Waals surface area contributed by atoms with Gasteiger partial charge < -0.3 is 15.5 Å². The molecule has 0 aliphatic carbocycles. The molecule has 0 saturated carbocycles. The first-order valence-corrected chi connectivity index (χ1v) is 9.00. The lowest BCUT2D eigenvalue weighted by atomic mass is 10.0. The van der Waals surface area contributed by atoms with E-state index < -0.39 is 6.04 Å². The monoisotopic (exact) mass is 351 g/mol. The van der Waals surface area contributed by atoms with Crippen molar-refractivity contribution >= 4 is 11.8 Å². The molecule has 26 heavy (non-hydrogen) atoms. The molecular weight excluding hydrogens is 326 g/mol. The number of hydrogen-bond donors (Lipinski definition) is 1. The van der Waals surface area contributed by atoms with Gasteiger partial charge in [0.1, 0.15) is 0 Å². The van der Waals surface area contributed by atoms with Crippen LogP contribution in [0.25, 0.3) is 0 Å². The molecule has 2 aromatic rings. The Bertz CT molecular complexity index is 748. The van der Waals surface area contributed by atoms with E-state index in [2.05, 4.69) is 0 Å². The van der Waals surface area contributed by atoms with E-state index in [4.69, 9.17) is 5.73 Å². The summed E-state index contributed by atoms with van der Waals surface area (Å²) in [5.41, 5.74) is 7.87. The van der Waals surface area contributed by atoms with Gasteiger partial charge in [-0.05, 0) is 31.0 Å². The molecule has 2 N–H and O–H groups in total. The van der Waals surface area contributed by atoms with Crippen LogP contribution in [0.15, 0.2) is 60.7 Å². The number of benzene rings is 2. The summed E-state index contributed by atoms with van der Waals surface area (Å²) in [4.78, 5) is 29.0. The average Bonchev–Trinajstić information content (AvgIpc) is 2.68. The summed E-state index contributed by atoms with van der Waals surface area (Å²) >= 11 is 0. The zero-order valence-corrected chi connectivity index (χ0v) is 15.0. The molecule has 136 valence electrons. The summed E-state index contributed by atoms with van der Waals surface area (Å²) in [5.74, 6) is -0.0358. The van der Waals surface area contributed by atoms with Crippen molar-refractivity contribution in [3.05, 3.63) is 71.8 Å². The minimum absolute atomic E-state index is 0.0128. The van der Waals surface area contributed by atoms with Gasteiger partial charge in [-0.1, -0.05) is 48.5 Å². The molecule has 0 radical (unpaired) electrons. The highest BCUT2D eigenvalue weighted by atomic mass is 16.2. The average molecular weight is 351 g/mol. The number of nitrogens with zero attached hydrogens (tertiary/aromatic N) is 2. The third-order valence-electron chi connectivity index (χ3n) is 4.84. The summed E-state index contributed by atoms with van der Waals surface area (Å²) in [5, 5.41) is 0. The molecule has 5 heteroatoms. The van der Waals surface area contributed by atoms with Crippen LogP contribution in [0.4, 0.5) is 0 Å². The minimum atomic E-state index is -0.555. The Hall–Kier alpha value is -2.66. The number of carbonyl (C=O) groups is 2. The van der Waals surface area contributed by atoms with Crippen LogP contribution in [-0.4, -0.2) is 53.3 Å². The topological polar surface area (TPSA) is 66.6 Å². The third kappa shape index (κ3) is 4.11. The fraction of sp³-hybridized carbons (Fsp3) is 0.333. The first-order chi connectivity index (χ1) is 12.6. The highest BCUT2D eigenvalue weighted by Gasteiger charge is 2.32. The first kappa shape index (κ1) is 18.1. The molecule has 1 aliphatic heterocycles. The van der Waals surface area contributed by atoms with Crippen molar-refractivity contribution < 1.29 is 9.59 Å². The molecule has 2 aromatic carbocycles. The van der Waals surface area contributed by atoms with Crippen molar-refractivity contribution in [3.63, 3.8) is 0 Å². The molecule has 2 unspecified atom stereocenters. The van der Waals surface area contributed by atoms with Gasteiger partial charge in [0.25, 0.3) is 5.91 Å². The molecule has 3 rings (SSSR count). The van der Waals surface area contributed by atoms with Crippen molar-refractivity contribution in [3.8, 4) is 0 Å². The lowest BCUT2D eigenvalue weighted by molar-refractivity contribution is -0.135. The highest BCUT2D eigenvalue weighted by molar-refractivity contribution is 5.94. The molecule has 1 fully saturated rings. The summed E-state index contributed by atoms with van der Waals surface area (Å²) in [6, 6.07) is 18.5. The maximum absolute atomic E-state index is 12.7. The van der Waals surface area contributed by atoms with Gasteiger partial charge >= 0.3 is 0 Å². The van der Waals surface area contributed by atoms with Crippen LogP contribution >= 0.6 is 0 Å². The van der Waals surface area contributed by atoms with Crippen LogP contribution in [0, 0.1) is 0 Å². The summed E-state index contributed by atoms with van der Waals surface area (Å²) in [6.07, 6.45) is 0.525. The first-order valence-electron chi connectivity index (χ1n) is 9.00. The second-order valence-corrected chi connectivity index (χ2v) is 6.79. The molecular formula is C21H25N3O2. The van der Waals surface area contributed by atoms with Crippen molar-refractivity contribution in [1.82, 2.24) is 9.80 Å². The SMILES string of the molecule is CC1CN(C(=O)C(N)Cc2ccccc2)CCN1C(=O)c1ccccc1. The van der Waals surface area contributed by atoms with Crippen LogP contribution in [0.5, 0.6) is 0 Å². The molecule has 5 nitrogen and oxygen atoms in total. The van der Waals surface area contributed by atoms with Crippen molar-refractivity contribution in [2.24, 2.45) is 5.73 Å². The fourth-order valence-corrected chi connectivity index (χ4v) is 3.40. The van der Waals surface area contributed by atoms with E-state index in [0.717, 1.165) is 5.56 Å². The van der Waals surface area contributed by atoms with E-state index in [1.165, 1.54) is 0 Å². The van der Waals surface area contributed by atoms with E-state index in [0.29, 0.717) is 31.6 Å². The Morgan fingerprint density at radius 1 is 1.04 bits per heavy atom. The van der Waals surface area contributed by atoms with Crippen molar-refractivity contribution in [1.29, 1.82) is 0 Å². The number of amides is 2. The van der Waals surface area contributed by atoms with Gasteiger partial charge in [0.15, 0.2) is 0 Å². The lowest BCUT2D eigenvalue weighted by Crippen LogP contribution is -2.58. The van der Waals surface area contributed by atoms with E-state index in [1.54, 1.807) is 4.90 Å². The third-order valence-corrected chi connectivity index (χ3v) is 4.84. The number of nitrogens with two attached hydrogens (primary N) is 1. The van der Waals surface area contributed by atoms with Gasteiger partial charge in [-0.2, -0.15) is 0 Å². The Kier molecular flexibility index (Phi) is 5.68. The molecule has 0 spiro atoms. The molecule has 1 heterocycles. The molecule has 1 aliphatic rings. The van der Waals surface area contributed by atoms with E-state index in [1.807, 2.05) is 72.5 Å². The molecule has 2 amide bonds. The Balaban J connectivity index is 1.59. The second-order valence-electron chi connectivity index (χ2n) is 6.79. The van der Waals surface area contributed by atoms with Crippen LogP contribution in [-0.2, 0) is 11.2 Å². The number of hydrogen-bond acceptors (Lipinski definition) is 3. The van der Waals surface area contributed by atoms with Gasteiger partial charge in [-0.3, -0.25) is 9.59 Å². The molecule has 0 aromatic heterocycles. The normalized spacial score (nSPS) is 18.5. The lowest BCUT2D eigenvalue weighted by Gasteiger charge is -2.40.